The lowest BCUT2D eigenvalue weighted by Crippen LogP contribution is -2.35. The van der Waals surface area contributed by atoms with Crippen LogP contribution in [0.25, 0.3) is 10.9 Å². The molecule has 37 heavy (non-hydrogen) atoms. The number of carbonyl (C=O) groups is 1. The van der Waals surface area contributed by atoms with Crippen molar-refractivity contribution >= 4 is 44.6 Å². The molecular weight excluding hydrogens is 552 g/mol. The highest BCUT2D eigenvalue weighted by atomic mass is 79.9. The number of halogens is 1. The molecule has 0 spiro atoms. The second kappa shape index (κ2) is 11.8. The van der Waals surface area contributed by atoms with Crippen molar-refractivity contribution in [3.8, 4) is 5.75 Å². The van der Waals surface area contributed by atoms with Gasteiger partial charge in [0.15, 0.2) is 0 Å². The van der Waals surface area contributed by atoms with Crippen LogP contribution < -0.4 is 0 Å². The van der Waals surface area contributed by atoms with E-state index in [0.29, 0.717) is 42.4 Å². The first-order chi connectivity index (χ1) is 18.0. The molecule has 1 aliphatic carbocycles. The lowest BCUT2D eigenvalue weighted by atomic mass is 10.00. The molecule has 0 amide bonds. The average Bonchev–Trinajstić information content (AvgIpc) is 3.70. The summed E-state index contributed by atoms with van der Waals surface area (Å²) < 4.78 is 14.3. The van der Waals surface area contributed by atoms with E-state index in [9.17, 15) is 9.90 Å². The van der Waals surface area contributed by atoms with Gasteiger partial charge < -0.3 is 19.1 Å². The summed E-state index contributed by atoms with van der Waals surface area (Å²) in [4.78, 5) is 16.1. The van der Waals surface area contributed by atoms with Crippen LogP contribution in [0.5, 0.6) is 5.75 Å². The molecule has 2 aromatic carbocycles. The van der Waals surface area contributed by atoms with E-state index in [-0.39, 0.29) is 17.0 Å². The molecule has 1 N–H and O–H groups in total. The monoisotopic (exact) mass is 586 g/mol. The number of ether oxygens (including phenoxy) is 2. The van der Waals surface area contributed by atoms with Gasteiger partial charge in [-0.1, -0.05) is 37.3 Å². The summed E-state index contributed by atoms with van der Waals surface area (Å²) in [5.74, 6) is 0.857. The van der Waals surface area contributed by atoms with Crippen molar-refractivity contribution < 1.29 is 19.4 Å². The number of phenols is 1. The Morgan fingerprint density at radius 3 is 2.59 bits per heavy atom. The highest BCUT2D eigenvalue weighted by Crippen LogP contribution is 2.50. The van der Waals surface area contributed by atoms with Crippen molar-refractivity contribution in [3.63, 3.8) is 0 Å². The Morgan fingerprint density at radius 1 is 1.22 bits per heavy atom. The molecule has 1 saturated carbocycles. The highest BCUT2D eigenvalue weighted by molar-refractivity contribution is 9.10. The van der Waals surface area contributed by atoms with Crippen molar-refractivity contribution in [2.75, 3.05) is 38.7 Å². The normalized spacial score (nSPS) is 17.3. The third-order valence-corrected chi connectivity index (χ3v) is 9.15. The van der Waals surface area contributed by atoms with Crippen LogP contribution in [0.15, 0.2) is 40.9 Å². The van der Waals surface area contributed by atoms with Crippen molar-refractivity contribution in [2.24, 2.45) is 0 Å². The zero-order valence-electron chi connectivity index (χ0n) is 21.5. The Morgan fingerprint density at radius 2 is 1.95 bits per heavy atom. The van der Waals surface area contributed by atoms with Crippen LogP contribution in [-0.2, 0) is 16.0 Å². The molecule has 3 aromatic rings. The van der Waals surface area contributed by atoms with Crippen LogP contribution in [0, 0.1) is 0 Å². The number of aromatic nitrogens is 1. The van der Waals surface area contributed by atoms with Crippen LogP contribution >= 0.6 is 27.7 Å². The van der Waals surface area contributed by atoms with Gasteiger partial charge in [-0.15, -0.1) is 11.8 Å². The quantitative estimate of drug-likeness (QED) is 0.267. The minimum atomic E-state index is -0.315. The number of morpholine rings is 1. The number of phenolic OH excluding ortho intramolecular Hbond substituents is 1. The van der Waals surface area contributed by atoms with E-state index < -0.39 is 0 Å². The van der Waals surface area contributed by atoms with E-state index in [1.54, 1.807) is 0 Å². The SMILES string of the molecule is CCCSC(c1ccccc1)c1c(C(=O)OCC)c2c(CN3CCOCC3)c(O)c(Br)cc2n1C1CC1. The minimum absolute atomic E-state index is 0.0225. The van der Waals surface area contributed by atoms with Gasteiger partial charge in [-0.3, -0.25) is 4.90 Å². The lowest BCUT2D eigenvalue weighted by molar-refractivity contribution is 0.0340. The molecule has 1 aliphatic heterocycles. The number of hydrogen-bond donors (Lipinski definition) is 1. The summed E-state index contributed by atoms with van der Waals surface area (Å²) >= 11 is 5.51. The zero-order chi connectivity index (χ0) is 25.9. The highest BCUT2D eigenvalue weighted by Gasteiger charge is 2.38. The maximum atomic E-state index is 13.8. The fourth-order valence-corrected chi connectivity index (χ4v) is 6.92. The van der Waals surface area contributed by atoms with Gasteiger partial charge in [0.05, 0.1) is 46.3 Å². The van der Waals surface area contributed by atoms with Gasteiger partial charge in [0.25, 0.3) is 0 Å². The summed E-state index contributed by atoms with van der Waals surface area (Å²) in [5, 5.41) is 12.1. The molecule has 0 radical (unpaired) electrons. The molecule has 2 aliphatic rings. The van der Waals surface area contributed by atoms with Gasteiger partial charge >= 0.3 is 5.97 Å². The third-order valence-electron chi connectivity index (χ3n) is 7.07. The van der Waals surface area contributed by atoms with Gasteiger partial charge in [0, 0.05) is 36.6 Å². The zero-order valence-corrected chi connectivity index (χ0v) is 23.9. The fourth-order valence-electron chi connectivity index (χ4n) is 5.25. The van der Waals surface area contributed by atoms with Gasteiger partial charge in [0.2, 0.25) is 0 Å². The number of rotatable bonds is 10. The number of carbonyl (C=O) groups excluding carboxylic acids is 1. The first-order valence-electron chi connectivity index (χ1n) is 13.3. The second-order valence-corrected chi connectivity index (χ2v) is 11.8. The first kappa shape index (κ1) is 26.6. The Balaban J connectivity index is 1.81. The number of aromatic hydroxyl groups is 1. The van der Waals surface area contributed by atoms with E-state index in [1.807, 2.05) is 30.8 Å². The molecule has 0 bridgehead atoms. The number of thioether (sulfide) groups is 1. The predicted molar refractivity (Wildman–Crippen MR) is 153 cm³/mol. The van der Waals surface area contributed by atoms with Crippen LogP contribution in [0.1, 0.15) is 71.6 Å². The summed E-state index contributed by atoms with van der Waals surface area (Å²) in [7, 11) is 0. The van der Waals surface area contributed by atoms with E-state index in [0.717, 1.165) is 60.3 Å². The smallest absolute Gasteiger partial charge is 0.340 e. The first-order valence-corrected chi connectivity index (χ1v) is 15.1. The third kappa shape index (κ3) is 5.44. The van der Waals surface area contributed by atoms with E-state index in [2.05, 4.69) is 56.6 Å². The van der Waals surface area contributed by atoms with E-state index in [1.165, 1.54) is 5.56 Å². The molecule has 2 fully saturated rings. The fraction of sp³-hybridized carbons (Fsp3) is 0.483. The molecular formula is C29H35BrN2O4S. The molecule has 1 saturated heterocycles. The molecule has 2 heterocycles. The minimum Gasteiger partial charge on any atom is -0.506 e. The summed E-state index contributed by atoms with van der Waals surface area (Å²) in [6, 6.07) is 12.8. The molecule has 1 atom stereocenters. The molecule has 198 valence electrons. The standard InChI is InChI=1S/C29H35BrN2O4S/c1-3-16-37-28(19-8-6-5-7-9-19)26-25(29(34)36-4-2)24-21(18-31-12-14-35-15-13-31)27(33)22(30)17-23(24)32(26)20-10-11-20/h5-9,17,20,28,33H,3-4,10-16,18H2,1-2H3. The predicted octanol–water partition coefficient (Wildman–Crippen LogP) is 6.69. The number of esters is 1. The number of hydrogen-bond acceptors (Lipinski definition) is 6. The van der Waals surface area contributed by atoms with Gasteiger partial charge in [0.1, 0.15) is 5.75 Å². The molecule has 8 heteroatoms. The summed E-state index contributed by atoms with van der Waals surface area (Å²) in [6.07, 6.45) is 3.20. The van der Waals surface area contributed by atoms with Crippen LogP contribution in [-0.4, -0.2) is 59.2 Å². The van der Waals surface area contributed by atoms with Crippen LogP contribution in [0.4, 0.5) is 0 Å². The molecule has 6 nitrogen and oxygen atoms in total. The molecule has 5 rings (SSSR count). The van der Waals surface area contributed by atoms with Gasteiger partial charge in [-0.05, 0) is 59.5 Å². The van der Waals surface area contributed by atoms with Crippen LogP contribution in [0.2, 0.25) is 0 Å². The van der Waals surface area contributed by atoms with E-state index in [4.69, 9.17) is 9.47 Å². The maximum absolute atomic E-state index is 13.8. The van der Waals surface area contributed by atoms with Gasteiger partial charge in [-0.25, -0.2) is 4.79 Å². The number of fused-ring (bicyclic) bond motifs is 1. The number of benzene rings is 2. The summed E-state index contributed by atoms with van der Waals surface area (Å²) in [6.45, 7) is 7.79. The Hall–Kier alpha value is -2.00. The van der Waals surface area contributed by atoms with Crippen molar-refractivity contribution in [2.45, 2.75) is 50.9 Å². The van der Waals surface area contributed by atoms with Crippen molar-refractivity contribution in [3.05, 3.63) is 63.3 Å². The molecule has 1 aromatic heterocycles. The summed E-state index contributed by atoms with van der Waals surface area (Å²) in [5.41, 5.74) is 4.55. The lowest BCUT2D eigenvalue weighted by Gasteiger charge is -2.27. The number of nitrogens with zero attached hydrogens (tertiary/aromatic N) is 2. The van der Waals surface area contributed by atoms with Gasteiger partial charge in [-0.2, -0.15) is 0 Å². The average molecular weight is 588 g/mol. The van der Waals surface area contributed by atoms with Crippen LogP contribution in [0.3, 0.4) is 0 Å². The van der Waals surface area contributed by atoms with E-state index >= 15 is 0 Å². The van der Waals surface area contributed by atoms with Crippen molar-refractivity contribution in [1.82, 2.24) is 9.47 Å². The molecule has 1 unspecified atom stereocenters. The van der Waals surface area contributed by atoms with Crippen molar-refractivity contribution in [1.29, 1.82) is 0 Å². The Bertz CT molecular complexity index is 1250. The second-order valence-electron chi connectivity index (χ2n) is 9.71. The largest absolute Gasteiger partial charge is 0.506 e. The Labute approximate surface area is 231 Å². The topological polar surface area (TPSA) is 63.9 Å². The Kier molecular flexibility index (Phi) is 8.49. The maximum Gasteiger partial charge on any atom is 0.340 e.